The molecule has 3 aromatic rings. The maximum atomic E-state index is 11.8. The zero-order chi connectivity index (χ0) is 18.8. The molecule has 0 radical (unpaired) electrons. The maximum Gasteiger partial charge on any atom is 0.311 e. The van der Waals surface area contributed by atoms with Crippen molar-refractivity contribution in [2.45, 2.75) is 20.3 Å². The maximum absolute atomic E-state index is 11.8. The van der Waals surface area contributed by atoms with Crippen molar-refractivity contribution >= 4 is 40.2 Å². The summed E-state index contributed by atoms with van der Waals surface area (Å²) in [6.07, 6.45) is 2.63. The second-order valence-electron chi connectivity index (χ2n) is 5.60. The number of imidazole rings is 1. The standard InChI is InChI=1S/C18H17ClN2O4S/c1-4-25-15(23)7-12-8-21-14(9-22)16(20-18(21)26-12)13-6-11(19)5-10(2)17(13)24-3/h5-6,8-9H,4,7H2,1-3H3. The van der Waals surface area contributed by atoms with Gasteiger partial charge in [-0.25, -0.2) is 4.98 Å². The first-order valence-electron chi connectivity index (χ1n) is 7.94. The average molecular weight is 393 g/mol. The number of esters is 1. The SMILES string of the molecule is CCOC(=O)Cc1cn2c(C=O)c(-c3cc(Cl)cc(C)c3OC)nc2s1. The lowest BCUT2D eigenvalue weighted by Crippen LogP contribution is -2.06. The number of benzene rings is 1. The molecule has 0 saturated heterocycles. The summed E-state index contributed by atoms with van der Waals surface area (Å²) in [6, 6.07) is 3.52. The molecule has 2 heterocycles. The van der Waals surface area contributed by atoms with E-state index in [2.05, 4.69) is 4.98 Å². The van der Waals surface area contributed by atoms with Crippen LogP contribution in [0.5, 0.6) is 5.75 Å². The van der Waals surface area contributed by atoms with Crippen LogP contribution in [-0.4, -0.2) is 35.4 Å². The summed E-state index contributed by atoms with van der Waals surface area (Å²) in [5.74, 6) is 0.312. The van der Waals surface area contributed by atoms with Crippen molar-refractivity contribution in [1.82, 2.24) is 9.38 Å². The number of nitrogens with zero attached hydrogens (tertiary/aromatic N) is 2. The first-order valence-corrected chi connectivity index (χ1v) is 9.14. The van der Waals surface area contributed by atoms with Crippen LogP contribution in [0.3, 0.4) is 0 Å². The number of hydrogen-bond donors (Lipinski definition) is 0. The van der Waals surface area contributed by atoms with Crippen molar-refractivity contribution in [2.75, 3.05) is 13.7 Å². The van der Waals surface area contributed by atoms with Gasteiger partial charge < -0.3 is 9.47 Å². The second-order valence-corrected chi connectivity index (χ2v) is 7.13. The molecule has 0 N–H and O–H groups in total. The molecule has 0 spiro atoms. The van der Waals surface area contributed by atoms with E-state index in [0.717, 1.165) is 16.7 Å². The molecule has 8 heteroatoms. The highest BCUT2D eigenvalue weighted by Gasteiger charge is 2.21. The number of halogens is 1. The normalized spacial score (nSPS) is 10.9. The van der Waals surface area contributed by atoms with Crippen LogP contribution >= 0.6 is 22.9 Å². The van der Waals surface area contributed by atoms with Crippen molar-refractivity contribution in [1.29, 1.82) is 0 Å². The Hall–Kier alpha value is -2.38. The molecule has 3 rings (SSSR count). The molecular formula is C18H17ClN2O4S. The monoisotopic (exact) mass is 392 g/mol. The summed E-state index contributed by atoms with van der Waals surface area (Å²) >= 11 is 7.52. The van der Waals surface area contributed by atoms with E-state index in [1.807, 2.05) is 6.92 Å². The summed E-state index contributed by atoms with van der Waals surface area (Å²) in [5.41, 5.74) is 2.39. The summed E-state index contributed by atoms with van der Waals surface area (Å²) in [7, 11) is 1.57. The van der Waals surface area contributed by atoms with Crippen LogP contribution in [0.4, 0.5) is 0 Å². The second kappa shape index (κ2) is 7.47. The third-order valence-electron chi connectivity index (χ3n) is 3.85. The number of fused-ring (bicyclic) bond motifs is 1. The fraction of sp³-hybridized carbons (Fsp3) is 0.278. The highest BCUT2D eigenvalue weighted by atomic mass is 35.5. The van der Waals surface area contributed by atoms with Crippen LogP contribution in [0.25, 0.3) is 16.2 Å². The van der Waals surface area contributed by atoms with E-state index in [0.29, 0.717) is 39.3 Å². The smallest absolute Gasteiger partial charge is 0.311 e. The van der Waals surface area contributed by atoms with Crippen molar-refractivity contribution < 1.29 is 19.1 Å². The van der Waals surface area contributed by atoms with Gasteiger partial charge in [0, 0.05) is 21.7 Å². The fourth-order valence-electron chi connectivity index (χ4n) is 2.83. The molecule has 6 nitrogen and oxygen atoms in total. The van der Waals surface area contributed by atoms with Crippen LogP contribution in [0, 0.1) is 6.92 Å². The Balaban J connectivity index is 2.10. The van der Waals surface area contributed by atoms with Gasteiger partial charge >= 0.3 is 5.97 Å². The van der Waals surface area contributed by atoms with Crippen molar-refractivity contribution in [3.8, 4) is 17.0 Å². The Morgan fingerprint density at radius 3 is 2.85 bits per heavy atom. The largest absolute Gasteiger partial charge is 0.496 e. The van der Waals surface area contributed by atoms with Gasteiger partial charge in [-0.15, -0.1) is 11.3 Å². The van der Waals surface area contributed by atoms with Gasteiger partial charge in [0.15, 0.2) is 11.2 Å². The Morgan fingerprint density at radius 2 is 2.19 bits per heavy atom. The molecule has 0 aliphatic carbocycles. The van der Waals surface area contributed by atoms with Crippen molar-refractivity contribution in [2.24, 2.45) is 0 Å². The third-order valence-corrected chi connectivity index (χ3v) is 5.05. The Kier molecular flexibility index (Phi) is 5.29. The first-order chi connectivity index (χ1) is 12.5. The Bertz CT molecular complexity index is 993. The van der Waals surface area contributed by atoms with E-state index >= 15 is 0 Å². The number of aryl methyl sites for hydroxylation is 1. The van der Waals surface area contributed by atoms with Crippen molar-refractivity contribution in [3.05, 3.63) is 39.5 Å². The number of ether oxygens (including phenoxy) is 2. The predicted octanol–water partition coefficient (Wildman–Crippen LogP) is 3.95. The molecule has 0 bridgehead atoms. The molecule has 1 aromatic carbocycles. The minimum absolute atomic E-state index is 0.148. The van der Waals surface area contributed by atoms with Crippen LogP contribution in [0.2, 0.25) is 5.02 Å². The van der Waals surface area contributed by atoms with E-state index in [1.54, 1.807) is 36.8 Å². The van der Waals surface area contributed by atoms with Gasteiger partial charge in [-0.1, -0.05) is 11.6 Å². The number of methoxy groups -OCH3 is 1. The van der Waals surface area contributed by atoms with Crippen LogP contribution in [-0.2, 0) is 16.0 Å². The topological polar surface area (TPSA) is 69.9 Å². The van der Waals surface area contributed by atoms with E-state index in [4.69, 9.17) is 21.1 Å². The number of aromatic nitrogens is 2. The van der Waals surface area contributed by atoms with Gasteiger partial charge in [0.25, 0.3) is 0 Å². The molecular weight excluding hydrogens is 376 g/mol. The highest BCUT2D eigenvalue weighted by Crippen LogP contribution is 2.37. The quantitative estimate of drug-likeness (QED) is 0.469. The molecule has 0 unspecified atom stereocenters. The summed E-state index contributed by atoms with van der Waals surface area (Å²) in [6.45, 7) is 3.97. The summed E-state index contributed by atoms with van der Waals surface area (Å²) in [4.78, 5) is 29.4. The molecule has 0 fully saturated rings. The van der Waals surface area contributed by atoms with Crippen LogP contribution in [0.15, 0.2) is 18.3 Å². The van der Waals surface area contributed by atoms with E-state index in [1.165, 1.54) is 11.3 Å². The molecule has 2 aromatic heterocycles. The van der Waals surface area contributed by atoms with Gasteiger partial charge in [-0.3, -0.25) is 14.0 Å². The average Bonchev–Trinajstić information content (AvgIpc) is 3.10. The zero-order valence-corrected chi connectivity index (χ0v) is 16.1. The number of carbonyl (C=O) groups is 2. The van der Waals surface area contributed by atoms with E-state index < -0.39 is 0 Å². The molecule has 0 saturated carbocycles. The lowest BCUT2D eigenvalue weighted by Gasteiger charge is -2.11. The molecule has 26 heavy (non-hydrogen) atoms. The molecule has 0 atom stereocenters. The van der Waals surface area contributed by atoms with E-state index in [9.17, 15) is 9.59 Å². The van der Waals surface area contributed by atoms with Gasteiger partial charge in [-0.05, 0) is 31.5 Å². The predicted molar refractivity (Wildman–Crippen MR) is 101 cm³/mol. The summed E-state index contributed by atoms with van der Waals surface area (Å²) < 4.78 is 12.1. The number of aldehydes is 1. The molecule has 0 aliphatic rings. The molecule has 0 amide bonds. The molecule has 136 valence electrons. The Morgan fingerprint density at radius 1 is 1.42 bits per heavy atom. The van der Waals surface area contributed by atoms with Gasteiger partial charge in [-0.2, -0.15) is 0 Å². The van der Waals surface area contributed by atoms with Gasteiger partial charge in [0.05, 0.1) is 20.1 Å². The summed E-state index contributed by atoms with van der Waals surface area (Å²) in [5, 5.41) is 0.537. The number of rotatable bonds is 6. The van der Waals surface area contributed by atoms with Crippen LogP contribution in [0.1, 0.15) is 27.9 Å². The number of hydrogen-bond acceptors (Lipinski definition) is 6. The van der Waals surface area contributed by atoms with Gasteiger partial charge in [0.1, 0.15) is 17.1 Å². The third kappa shape index (κ3) is 3.32. The number of thiazole rings is 1. The van der Waals surface area contributed by atoms with E-state index in [-0.39, 0.29) is 12.4 Å². The highest BCUT2D eigenvalue weighted by molar-refractivity contribution is 7.17. The molecule has 0 aliphatic heterocycles. The van der Waals surface area contributed by atoms with Gasteiger partial charge in [0.2, 0.25) is 0 Å². The van der Waals surface area contributed by atoms with Crippen molar-refractivity contribution in [3.63, 3.8) is 0 Å². The minimum Gasteiger partial charge on any atom is -0.496 e. The number of carbonyl (C=O) groups excluding carboxylic acids is 2. The first kappa shape index (κ1) is 18.4. The minimum atomic E-state index is -0.308. The fourth-order valence-corrected chi connectivity index (χ4v) is 4.07. The lowest BCUT2D eigenvalue weighted by molar-refractivity contribution is -0.142. The Labute approximate surface area is 159 Å². The lowest BCUT2D eigenvalue weighted by atomic mass is 10.1. The van der Waals surface area contributed by atoms with Crippen LogP contribution < -0.4 is 4.74 Å². The zero-order valence-electron chi connectivity index (χ0n) is 14.5.